The summed E-state index contributed by atoms with van der Waals surface area (Å²) in [6.07, 6.45) is 4.95. The lowest BCUT2D eigenvalue weighted by Crippen LogP contribution is -2.37. The summed E-state index contributed by atoms with van der Waals surface area (Å²) in [6, 6.07) is 5.52. The second-order valence-electron chi connectivity index (χ2n) is 5.55. The number of hydrogen-bond donors (Lipinski definition) is 2. The maximum absolute atomic E-state index is 10.4. The molecule has 0 aliphatic heterocycles. The Bertz CT molecular complexity index is 428. The number of ether oxygens (including phenoxy) is 1. The minimum Gasteiger partial charge on any atom is -0.489 e. The van der Waals surface area contributed by atoms with E-state index in [1.165, 1.54) is 6.42 Å². The van der Waals surface area contributed by atoms with Crippen LogP contribution in [0.5, 0.6) is 5.75 Å². The van der Waals surface area contributed by atoms with Crippen LogP contribution < -0.4 is 10.5 Å². The quantitative estimate of drug-likeness (QED) is 0.890. The van der Waals surface area contributed by atoms with Gasteiger partial charge in [0.15, 0.2) is 0 Å². The molecule has 3 nitrogen and oxygen atoms in total. The number of aliphatic hydroxyl groups is 1. The molecule has 1 aromatic rings. The summed E-state index contributed by atoms with van der Waals surface area (Å²) in [7, 11) is 0. The Morgan fingerprint density at radius 3 is 2.63 bits per heavy atom. The predicted octanol–water partition coefficient (Wildman–Crippen LogP) is 3.43. The van der Waals surface area contributed by atoms with Crippen molar-refractivity contribution in [1.82, 2.24) is 0 Å². The van der Waals surface area contributed by atoms with Crippen LogP contribution >= 0.6 is 11.6 Å². The van der Waals surface area contributed by atoms with Crippen molar-refractivity contribution in [3.05, 3.63) is 28.8 Å². The van der Waals surface area contributed by atoms with Crippen molar-refractivity contribution >= 4 is 11.6 Å². The molecule has 0 spiro atoms. The highest BCUT2D eigenvalue weighted by atomic mass is 35.5. The summed E-state index contributed by atoms with van der Waals surface area (Å²) in [4.78, 5) is 0. The van der Waals surface area contributed by atoms with Crippen LogP contribution in [0.3, 0.4) is 0 Å². The summed E-state index contributed by atoms with van der Waals surface area (Å²) < 4.78 is 5.69. The highest BCUT2D eigenvalue weighted by Crippen LogP contribution is 2.31. The van der Waals surface area contributed by atoms with Gasteiger partial charge in [-0.3, -0.25) is 0 Å². The number of nitrogens with two attached hydrogens (primary N) is 1. The average molecular weight is 284 g/mol. The lowest BCUT2D eigenvalue weighted by Gasteiger charge is -2.31. The molecule has 4 heteroatoms. The van der Waals surface area contributed by atoms with Gasteiger partial charge in [0.1, 0.15) is 12.4 Å². The Balaban J connectivity index is 1.99. The van der Waals surface area contributed by atoms with Gasteiger partial charge in [-0.2, -0.15) is 0 Å². The van der Waals surface area contributed by atoms with Gasteiger partial charge in [0.2, 0.25) is 0 Å². The first kappa shape index (κ1) is 14.6. The Kier molecular flexibility index (Phi) is 4.71. The van der Waals surface area contributed by atoms with Gasteiger partial charge in [0.25, 0.3) is 0 Å². The van der Waals surface area contributed by atoms with Crippen molar-refractivity contribution in [3.8, 4) is 5.75 Å². The molecular formula is C15H22ClNO2. The standard InChI is InChI=1S/C15H22ClNO2/c1-11(17)12-5-6-14(13(16)9-12)19-10-15(18)7-3-2-4-8-15/h5-6,9,11,18H,2-4,7-8,10,17H2,1H3/t11-/m1/s1. The topological polar surface area (TPSA) is 55.5 Å². The lowest BCUT2D eigenvalue weighted by molar-refractivity contribution is -0.0338. The molecule has 1 aliphatic carbocycles. The zero-order valence-electron chi connectivity index (χ0n) is 11.4. The van der Waals surface area contributed by atoms with Crippen LogP contribution in [0, 0.1) is 0 Å². The van der Waals surface area contributed by atoms with Crippen molar-refractivity contribution in [1.29, 1.82) is 0 Å². The van der Waals surface area contributed by atoms with Gasteiger partial charge in [-0.25, -0.2) is 0 Å². The summed E-state index contributed by atoms with van der Waals surface area (Å²) in [5.41, 5.74) is 6.09. The van der Waals surface area contributed by atoms with E-state index in [0.29, 0.717) is 17.4 Å². The van der Waals surface area contributed by atoms with Crippen molar-refractivity contribution in [3.63, 3.8) is 0 Å². The minimum absolute atomic E-state index is 0.0471. The SMILES string of the molecule is C[C@@H](N)c1ccc(OCC2(O)CCCCC2)c(Cl)c1. The summed E-state index contributed by atoms with van der Waals surface area (Å²) >= 11 is 6.17. The molecule has 0 aromatic heterocycles. The van der Waals surface area contributed by atoms with Crippen LogP contribution in [0.2, 0.25) is 5.02 Å². The van der Waals surface area contributed by atoms with Crippen LogP contribution in [0.4, 0.5) is 0 Å². The van der Waals surface area contributed by atoms with E-state index >= 15 is 0 Å². The number of rotatable bonds is 4. The van der Waals surface area contributed by atoms with Gasteiger partial charge in [-0.1, -0.05) is 36.9 Å². The third-order valence-corrected chi connectivity index (χ3v) is 4.06. The molecule has 0 unspecified atom stereocenters. The molecule has 3 N–H and O–H groups in total. The van der Waals surface area contributed by atoms with E-state index in [2.05, 4.69) is 0 Å². The van der Waals surface area contributed by atoms with Crippen molar-refractivity contribution < 1.29 is 9.84 Å². The molecule has 0 amide bonds. The largest absolute Gasteiger partial charge is 0.489 e. The zero-order chi connectivity index (χ0) is 13.9. The second kappa shape index (κ2) is 6.12. The van der Waals surface area contributed by atoms with Crippen LogP contribution in [0.15, 0.2) is 18.2 Å². The molecule has 2 rings (SSSR count). The van der Waals surface area contributed by atoms with Gasteiger partial charge in [0.05, 0.1) is 10.6 Å². The van der Waals surface area contributed by atoms with Crippen LogP contribution in [-0.2, 0) is 0 Å². The third-order valence-electron chi connectivity index (χ3n) is 3.76. The molecule has 1 aliphatic rings. The van der Waals surface area contributed by atoms with Crippen molar-refractivity contribution in [2.24, 2.45) is 5.73 Å². The van der Waals surface area contributed by atoms with Gasteiger partial charge >= 0.3 is 0 Å². The molecule has 0 radical (unpaired) electrons. The molecule has 1 fully saturated rings. The van der Waals surface area contributed by atoms with Gasteiger partial charge < -0.3 is 15.6 Å². The number of benzene rings is 1. The monoisotopic (exact) mass is 283 g/mol. The van der Waals surface area contributed by atoms with Crippen LogP contribution in [0.1, 0.15) is 50.6 Å². The summed E-state index contributed by atoms with van der Waals surface area (Å²) in [6.45, 7) is 2.22. The minimum atomic E-state index is -0.693. The fourth-order valence-electron chi connectivity index (χ4n) is 2.48. The second-order valence-corrected chi connectivity index (χ2v) is 5.96. The summed E-state index contributed by atoms with van der Waals surface area (Å²) in [5, 5.41) is 10.9. The average Bonchev–Trinajstić information content (AvgIpc) is 2.38. The van der Waals surface area contributed by atoms with E-state index in [0.717, 1.165) is 31.2 Å². The molecular weight excluding hydrogens is 262 g/mol. The molecule has 0 saturated heterocycles. The smallest absolute Gasteiger partial charge is 0.138 e. The summed E-state index contributed by atoms with van der Waals surface area (Å²) in [5.74, 6) is 0.616. The van der Waals surface area contributed by atoms with E-state index in [9.17, 15) is 5.11 Å². The van der Waals surface area contributed by atoms with Crippen molar-refractivity contribution in [2.75, 3.05) is 6.61 Å². The number of halogens is 1. The van der Waals surface area contributed by atoms with Crippen LogP contribution in [-0.4, -0.2) is 17.3 Å². The maximum atomic E-state index is 10.4. The Morgan fingerprint density at radius 1 is 1.37 bits per heavy atom. The molecule has 19 heavy (non-hydrogen) atoms. The molecule has 1 aromatic carbocycles. The van der Waals surface area contributed by atoms with E-state index in [1.807, 2.05) is 25.1 Å². The van der Waals surface area contributed by atoms with E-state index in [-0.39, 0.29) is 6.04 Å². The predicted molar refractivity (Wildman–Crippen MR) is 77.6 cm³/mol. The Labute approximate surface area is 119 Å². The number of hydrogen-bond acceptors (Lipinski definition) is 3. The van der Waals surface area contributed by atoms with Crippen LogP contribution in [0.25, 0.3) is 0 Å². The lowest BCUT2D eigenvalue weighted by atomic mass is 9.85. The van der Waals surface area contributed by atoms with Gasteiger partial charge in [0, 0.05) is 6.04 Å². The fraction of sp³-hybridized carbons (Fsp3) is 0.600. The first-order chi connectivity index (χ1) is 9.00. The normalized spacial score (nSPS) is 20.0. The highest BCUT2D eigenvalue weighted by molar-refractivity contribution is 6.32. The van der Waals surface area contributed by atoms with Gasteiger partial charge in [-0.05, 0) is 37.5 Å². The molecule has 0 heterocycles. The van der Waals surface area contributed by atoms with Gasteiger partial charge in [-0.15, -0.1) is 0 Å². The molecule has 1 saturated carbocycles. The Morgan fingerprint density at radius 2 is 2.05 bits per heavy atom. The van der Waals surface area contributed by atoms with E-state index in [4.69, 9.17) is 22.1 Å². The van der Waals surface area contributed by atoms with Crippen molar-refractivity contribution in [2.45, 2.75) is 50.7 Å². The fourth-order valence-corrected chi connectivity index (χ4v) is 2.73. The molecule has 1 atom stereocenters. The molecule has 0 bridgehead atoms. The highest BCUT2D eigenvalue weighted by Gasteiger charge is 2.30. The van der Waals surface area contributed by atoms with E-state index < -0.39 is 5.60 Å². The maximum Gasteiger partial charge on any atom is 0.138 e. The third kappa shape index (κ3) is 3.85. The first-order valence-corrected chi connectivity index (χ1v) is 7.28. The Hall–Kier alpha value is -0.770. The zero-order valence-corrected chi connectivity index (χ0v) is 12.1. The molecule has 106 valence electrons. The van der Waals surface area contributed by atoms with E-state index in [1.54, 1.807) is 0 Å². The first-order valence-electron chi connectivity index (χ1n) is 6.90.